The minimum atomic E-state index is -0.745. The third kappa shape index (κ3) is 4.47. The number of carboxylic acid groups (broad SMARTS) is 1. The number of benzene rings is 1. The molecule has 0 saturated heterocycles. The maximum absolute atomic E-state index is 12.6. The van der Waals surface area contributed by atoms with Gasteiger partial charge in [-0.3, -0.25) is 9.59 Å². The number of carbonyl (C=O) groups excluding carboxylic acids is 1. The Kier molecular flexibility index (Phi) is 5.64. The van der Waals surface area contributed by atoms with Crippen LogP contribution in [0.25, 0.3) is 0 Å². The lowest BCUT2D eigenvalue weighted by Gasteiger charge is -2.29. The summed E-state index contributed by atoms with van der Waals surface area (Å²) in [7, 11) is 1.77. The van der Waals surface area contributed by atoms with Gasteiger partial charge in [-0.1, -0.05) is 0 Å². The van der Waals surface area contributed by atoms with Crippen molar-refractivity contribution in [3.8, 4) is 5.75 Å². The van der Waals surface area contributed by atoms with Gasteiger partial charge in [-0.2, -0.15) is 0 Å². The SMILES string of the molecule is CC(C)Oc1ccc(N(C)C(=O)C2CCC(C(=O)O)CC2)cc1. The van der Waals surface area contributed by atoms with E-state index in [1.54, 1.807) is 11.9 Å². The van der Waals surface area contributed by atoms with Crippen LogP contribution in [-0.2, 0) is 9.59 Å². The molecule has 0 spiro atoms. The van der Waals surface area contributed by atoms with Crippen LogP contribution >= 0.6 is 0 Å². The summed E-state index contributed by atoms with van der Waals surface area (Å²) in [4.78, 5) is 25.2. The third-order valence-electron chi connectivity index (χ3n) is 4.35. The number of hydrogen-bond acceptors (Lipinski definition) is 3. The summed E-state index contributed by atoms with van der Waals surface area (Å²) in [5.41, 5.74) is 0.825. The van der Waals surface area contributed by atoms with Crippen LogP contribution in [0.4, 0.5) is 5.69 Å². The van der Waals surface area contributed by atoms with Gasteiger partial charge in [0, 0.05) is 18.7 Å². The largest absolute Gasteiger partial charge is 0.491 e. The molecule has 0 heterocycles. The van der Waals surface area contributed by atoms with Gasteiger partial charge >= 0.3 is 5.97 Å². The number of hydrogen-bond donors (Lipinski definition) is 1. The fourth-order valence-electron chi connectivity index (χ4n) is 3.01. The smallest absolute Gasteiger partial charge is 0.306 e. The van der Waals surface area contributed by atoms with Crippen molar-refractivity contribution >= 4 is 17.6 Å². The molecule has 1 amide bonds. The molecule has 1 aromatic rings. The van der Waals surface area contributed by atoms with Crippen LogP contribution in [-0.4, -0.2) is 30.1 Å². The van der Waals surface area contributed by atoms with Gasteiger partial charge < -0.3 is 14.7 Å². The van der Waals surface area contributed by atoms with E-state index < -0.39 is 5.97 Å². The lowest BCUT2D eigenvalue weighted by atomic mass is 9.81. The second-order valence-electron chi connectivity index (χ2n) is 6.44. The molecule has 0 unspecified atom stereocenters. The summed E-state index contributed by atoms with van der Waals surface area (Å²) >= 11 is 0. The van der Waals surface area contributed by atoms with E-state index in [2.05, 4.69) is 0 Å². The lowest BCUT2D eigenvalue weighted by Crippen LogP contribution is -2.35. The zero-order valence-corrected chi connectivity index (χ0v) is 14.0. The Morgan fingerprint density at radius 3 is 2.09 bits per heavy atom. The second kappa shape index (κ2) is 7.49. The molecule has 5 heteroatoms. The maximum atomic E-state index is 12.6. The minimum Gasteiger partial charge on any atom is -0.491 e. The summed E-state index contributed by atoms with van der Waals surface area (Å²) in [5.74, 6) is -0.276. The van der Waals surface area contributed by atoms with Crippen molar-refractivity contribution in [2.45, 2.75) is 45.6 Å². The average molecular weight is 319 g/mol. The molecule has 0 aromatic heterocycles. The molecule has 1 aliphatic rings. The normalized spacial score (nSPS) is 21.0. The Labute approximate surface area is 137 Å². The minimum absolute atomic E-state index is 0.0615. The Morgan fingerprint density at radius 1 is 1.09 bits per heavy atom. The molecule has 0 atom stereocenters. The molecular formula is C18H25NO4. The van der Waals surface area contributed by atoms with E-state index in [-0.39, 0.29) is 23.8 Å². The van der Waals surface area contributed by atoms with E-state index in [0.717, 1.165) is 11.4 Å². The fraction of sp³-hybridized carbons (Fsp3) is 0.556. The molecule has 1 fully saturated rings. The van der Waals surface area contributed by atoms with Gasteiger partial charge in [0.2, 0.25) is 5.91 Å². The van der Waals surface area contributed by atoms with Crippen LogP contribution in [0.5, 0.6) is 5.75 Å². The molecule has 0 bridgehead atoms. The van der Waals surface area contributed by atoms with Gasteiger partial charge in [-0.25, -0.2) is 0 Å². The Bertz CT molecular complexity index is 545. The topological polar surface area (TPSA) is 66.8 Å². The first-order chi connectivity index (χ1) is 10.9. The van der Waals surface area contributed by atoms with Gasteiger partial charge in [0.05, 0.1) is 12.0 Å². The van der Waals surface area contributed by atoms with E-state index in [9.17, 15) is 9.59 Å². The van der Waals surface area contributed by atoms with Crippen molar-refractivity contribution < 1.29 is 19.4 Å². The predicted octanol–water partition coefficient (Wildman–Crippen LogP) is 3.33. The van der Waals surface area contributed by atoms with Crippen molar-refractivity contribution in [1.29, 1.82) is 0 Å². The quantitative estimate of drug-likeness (QED) is 0.904. The van der Waals surface area contributed by atoms with Crippen molar-refractivity contribution in [2.75, 3.05) is 11.9 Å². The lowest BCUT2D eigenvalue weighted by molar-refractivity contribution is -0.143. The molecule has 1 aromatic carbocycles. The van der Waals surface area contributed by atoms with Crippen LogP contribution < -0.4 is 9.64 Å². The van der Waals surface area contributed by atoms with Gasteiger partial charge in [0.25, 0.3) is 0 Å². The van der Waals surface area contributed by atoms with Crippen molar-refractivity contribution in [3.63, 3.8) is 0 Å². The first-order valence-corrected chi connectivity index (χ1v) is 8.15. The number of amides is 1. The first-order valence-electron chi connectivity index (χ1n) is 8.15. The monoisotopic (exact) mass is 319 g/mol. The molecule has 2 rings (SSSR count). The summed E-state index contributed by atoms with van der Waals surface area (Å²) < 4.78 is 5.60. The molecule has 23 heavy (non-hydrogen) atoms. The average Bonchev–Trinajstić information content (AvgIpc) is 2.53. The molecular weight excluding hydrogens is 294 g/mol. The van der Waals surface area contributed by atoms with Crippen LogP contribution in [0.3, 0.4) is 0 Å². The van der Waals surface area contributed by atoms with Crippen LogP contribution in [0.2, 0.25) is 0 Å². The fourth-order valence-corrected chi connectivity index (χ4v) is 3.01. The number of ether oxygens (including phenoxy) is 1. The zero-order valence-electron chi connectivity index (χ0n) is 14.0. The first kappa shape index (κ1) is 17.3. The number of carboxylic acids is 1. The van der Waals surface area contributed by atoms with Crippen molar-refractivity contribution in [3.05, 3.63) is 24.3 Å². The zero-order chi connectivity index (χ0) is 17.0. The summed E-state index contributed by atoms with van der Waals surface area (Å²) in [6, 6.07) is 7.47. The van der Waals surface area contributed by atoms with Gasteiger partial charge in [-0.05, 0) is 63.8 Å². The van der Waals surface area contributed by atoms with E-state index in [4.69, 9.17) is 9.84 Å². The number of aliphatic carboxylic acids is 1. The van der Waals surface area contributed by atoms with Gasteiger partial charge in [0.15, 0.2) is 0 Å². The highest BCUT2D eigenvalue weighted by Gasteiger charge is 2.31. The molecule has 1 saturated carbocycles. The Morgan fingerprint density at radius 2 is 1.61 bits per heavy atom. The number of carbonyl (C=O) groups is 2. The van der Waals surface area contributed by atoms with Crippen molar-refractivity contribution in [1.82, 2.24) is 0 Å². The number of anilines is 1. The van der Waals surface area contributed by atoms with E-state index in [1.807, 2.05) is 38.1 Å². The van der Waals surface area contributed by atoms with Crippen molar-refractivity contribution in [2.24, 2.45) is 11.8 Å². The van der Waals surface area contributed by atoms with E-state index in [1.165, 1.54) is 0 Å². The van der Waals surface area contributed by atoms with Crippen LogP contribution in [0.1, 0.15) is 39.5 Å². The molecule has 126 valence electrons. The Hall–Kier alpha value is -2.04. The highest BCUT2D eigenvalue weighted by molar-refractivity contribution is 5.94. The number of rotatable bonds is 5. The van der Waals surface area contributed by atoms with Crippen LogP contribution in [0.15, 0.2) is 24.3 Å². The summed E-state index contributed by atoms with van der Waals surface area (Å²) in [5, 5.41) is 9.03. The molecule has 0 aliphatic heterocycles. The summed E-state index contributed by atoms with van der Waals surface area (Å²) in [6.45, 7) is 3.94. The molecule has 1 aliphatic carbocycles. The number of nitrogens with zero attached hydrogens (tertiary/aromatic N) is 1. The Balaban J connectivity index is 1.96. The highest BCUT2D eigenvalue weighted by Crippen LogP contribution is 2.31. The van der Waals surface area contributed by atoms with Gasteiger partial charge in [0.1, 0.15) is 5.75 Å². The molecule has 0 radical (unpaired) electrons. The maximum Gasteiger partial charge on any atom is 0.306 e. The summed E-state index contributed by atoms with van der Waals surface area (Å²) in [6.07, 6.45) is 2.58. The standard InChI is InChI=1S/C18H25NO4/c1-12(2)23-16-10-8-15(9-11-16)19(3)17(20)13-4-6-14(7-5-13)18(21)22/h8-14H,4-7H2,1-3H3,(H,21,22). The molecule has 5 nitrogen and oxygen atoms in total. The predicted molar refractivity (Wildman–Crippen MR) is 88.7 cm³/mol. The molecule has 1 N–H and O–H groups in total. The van der Waals surface area contributed by atoms with E-state index >= 15 is 0 Å². The highest BCUT2D eigenvalue weighted by atomic mass is 16.5. The second-order valence-corrected chi connectivity index (χ2v) is 6.44. The van der Waals surface area contributed by atoms with Crippen LogP contribution in [0, 0.1) is 11.8 Å². The van der Waals surface area contributed by atoms with Gasteiger partial charge in [-0.15, -0.1) is 0 Å². The van der Waals surface area contributed by atoms with E-state index in [0.29, 0.717) is 25.7 Å². The third-order valence-corrected chi connectivity index (χ3v) is 4.35.